The van der Waals surface area contributed by atoms with Gasteiger partial charge in [-0.2, -0.15) is 0 Å². The van der Waals surface area contributed by atoms with Crippen molar-refractivity contribution in [2.24, 2.45) is 0 Å². The highest BCUT2D eigenvalue weighted by molar-refractivity contribution is 7.81. The topological polar surface area (TPSA) is 83.8 Å². The second-order valence-corrected chi connectivity index (χ2v) is 7.39. The normalized spacial score (nSPS) is 14.2. The second kappa shape index (κ2) is 9.37. The van der Waals surface area contributed by atoms with E-state index in [9.17, 15) is 19.7 Å². The zero-order valence-corrected chi connectivity index (χ0v) is 18.0. The number of benzene rings is 3. The largest absolute Gasteiger partial charge is 0.270 e. The summed E-state index contributed by atoms with van der Waals surface area (Å²) in [6.07, 6.45) is 4.51. The Balaban J connectivity index is 1.75. The van der Waals surface area contributed by atoms with Crippen LogP contribution in [0.25, 0.3) is 6.08 Å². The molecule has 3 aromatic rings. The van der Waals surface area contributed by atoms with E-state index in [1.54, 1.807) is 66.7 Å². The molecule has 33 heavy (non-hydrogen) atoms. The molecule has 0 aromatic heterocycles. The minimum absolute atomic E-state index is 0.0505. The summed E-state index contributed by atoms with van der Waals surface area (Å²) >= 11 is 5.55. The van der Waals surface area contributed by atoms with E-state index in [-0.39, 0.29) is 16.4 Å². The van der Waals surface area contributed by atoms with Gasteiger partial charge in [-0.25, -0.2) is 0 Å². The van der Waals surface area contributed by atoms with Gasteiger partial charge >= 0.3 is 0 Å². The fourth-order valence-electron chi connectivity index (χ4n) is 3.36. The average molecular weight is 455 g/mol. The van der Waals surface area contributed by atoms with E-state index in [0.29, 0.717) is 16.9 Å². The number of amides is 2. The number of hydrogen-bond donors (Lipinski definition) is 0. The van der Waals surface area contributed by atoms with Gasteiger partial charge in [0, 0.05) is 12.1 Å². The summed E-state index contributed by atoms with van der Waals surface area (Å²) in [4.78, 5) is 39.8. The molecular formula is C25H17N3O4S. The van der Waals surface area contributed by atoms with Crippen LogP contribution in [0.3, 0.4) is 0 Å². The molecule has 1 aliphatic heterocycles. The maximum atomic E-state index is 13.3. The monoisotopic (exact) mass is 455 g/mol. The van der Waals surface area contributed by atoms with Crippen LogP contribution in [0.4, 0.5) is 17.1 Å². The Morgan fingerprint density at radius 3 is 1.85 bits per heavy atom. The Bertz CT molecular complexity index is 1240. The number of anilines is 2. The molecule has 3 aromatic carbocycles. The lowest BCUT2D eigenvalue weighted by molar-refractivity contribution is -0.384. The van der Waals surface area contributed by atoms with Crippen molar-refractivity contribution in [1.82, 2.24) is 0 Å². The molecule has 0 aliphatic carbocycles. The first-order valence-electron chi connectivity index (χ1n) is 9.93. The summed E-state index contributed by atoms with van der Waals surface area (Å²) < 4.78 is 0. The summed E-state index contributed by atoms with van der Waals surface area (Å²) in [6, 6.07) is 23.7. The minimum Gasteiger partial charge on any atom is -0.268 e. The Hall–Kier alpha value is -4.43. The summed E-state index contributed by atoms with van der Waals surface area (Å²) in [5.74, 6) is -1.10. The van der Waals surface area contributed by atoms with Gasteiger partial charge in [0.1, 0.15) is 5.57 Å². The number of allylic oxidation sites excluding steroid dienone is 2. The maximum absolute atomic E-state index is 13.3. The van der Waals surface area contributed by atoms with E-state index in [2.05, 4.69) is 0 Å². The number of nitro groups is 1. The summed E-state index contributed by atoms with van der Waals surface area (Å²) in [5, 5.41) is 11.0. The fourth-order valence-corrected chi connectivity index (χ4v) is 3.73. The van der Waals surface area contributed by atoms with Gasteiger partial charge in [-0.1, -0.05) is 60.7 Å². The van der Waals surface area contributed by atoms with Crippen LogP contribution in [-0.2, 0) is 9.59 Å². The lowest BCUT2D eigenvalue weighted by atomic mass is 10.1. The second-order valence-electron chi connectivity index (χ2n) is 7.03. The molecule has 1 heterocycles. The Kier molecular flexibility index (Phi) is 6.19. The number of hydrogen-bond acceptors (Lipinski definition) is 5. The molecular weight excluding hydrogens is 438 g/mol. The number of carbonyl (C=O) groups excluding carboxylic acids is 2. The van der Waals surface area contributed by atoms with Crippen LogP contribution in [0.5, 0.6) is 0 Å². The first kappa shape index (κ1) is 21.8. The van der Waals surface area contributed by atoms with Gasteiger partial charge < -0.3 is 0 Å². The van der Waals surface area contributed by atoms with E-state index in [1.807, 2.05) is 12.1 Å². The zero-order chi connectivity index (χ0) is 23.4. The molecule has 162 valence electrons. The van der Waals surface area contributed by atoms with Crippen molar-refractivity contribution in [3.63, 3.8) is 0 Å². The maximum Gasteiger partial charge on any atom is 0.270 e. The van der Waals surface area contributed by atoms with E-state index in [4.69, 9.17) is 12.2 Å². The van der Waals surface area contributed by atoms with Crippen LogP contribution < -0.4 is 9.80 Å². The van der Waals surface area contributed by atoms with Gasteiger partial charge in [0.15, 0.2) is 5.11 Å². The van der Waals surface area contributed by atoms with Crippen LogP contribution >= 0.6 is 12.2 Å². The summed E-state index contributed by atoms with van der Waals surface area (Å²) in [5.41, 5.74) is 1.50. The van der Waals surface area contributed by atoms with Crippen molar-refractivity contribution < 1.29 is 14.5 Å². The predicted octanol–water partition coefficient (Wildman–Crippen LogP) is 4.90. The van der Waals surface area contributed by atoms with Gasteiger partial charge in [0.2, 0.25) is 0 Å². The highest BCUT2D eigenvalue weighted by atomic mass is 32.1. The lowest BCUT2D eigenvalue weighted by Gasteiger charge is -2.36. The Labute approximate surface area is 195 Å². The number of nitrogens with zero attached hydrogens (tertiary/aromatic N) is 3. The number of para-hydroxylation sites is 2. The number of nitro benzene ring substituents is 1. The first-order chi connectivity index (χ1) is 16.0. The molecule has 0 saturated carbocycles. The average Bonchev–Trinajstić information content (AvgIpc) is 2.83. The summed E-state index contributed by atoms with van der Waals surface area (Å²) in [7, 11) is 0. The third kappa shape index (κ3) is 4.46. The first-order valence-corrected chi connectivity index (χ1v) is 10.3. The lowest BCUT2D eigenvalue weighted by Crippen LogP contribution is -2.57. The van der Waals surface area contributed by atoms with Crippen molar-refractivity contribution >= 4 is 52.3 Å². The number of non-ortho nitro benzene ring substituents is 1. The van der Waals surface area contributed by atoms with Gasteiger partial charge in [0.25, 0.3) is 17.5 Å². The van der Waals surface area contributed by atoms with Gasteiger partial charge in [-0.3, -0.25) is 29.5 Å². The van der Waals surface area contributed by atoms with Crippen molar-refractivity contribution in [1.29, 1.82) is 0 Å². The van der Waals surface area contributed by atoms with Gasteiger partial charge in [-0.05, 0) is 48.1 Å². The quantitative estimate of drug-likeness (QED) is 0.180. The molecule has 0 unspecified atom stereocenters. The van der Waals surface area contributed by atoms with Crippen molar-refractivity contribution in [3.05, 3.63) is 118 Å². The van der Waals surface area contributed by atoms with Crippen LogP contribution in [0.15, 0.2) is 103 Å². The smallest absolute Gasteiger partial charge is 0.268 e. The van der Waals surface area contributed by atoms with Crippen molar-refractivity contribution in [2.75, 3.05) is 9.80 Å². The highest BCUT2D eigenvalue weighted by Gasteiger charge is 2.40. The molecule has 0 N–H and O–H groups in total. The van der Waals surface area contributed by atoms with E-state index in [1.165, 1.54) is 34.1 Å². The van der Waals surface area contributed by atoms with Crippen molar-refractivity contribution in [3.8, 4) is 0 Å². The molecule has 1 saturated heterocycles. The van der Waals surface area contributed by atoms with E-state index in [0.717, 1.165) is 0 Å². The Morgan fingerprint density at radius 1 is 0.788 bits per heavy atom. The standard InChI is InChI=1S/C25H17N3O4S/c29-23-22(16-8-10-18-9-7-15-21(17-18)28(31)32)24(30)27(20-13-5-2-6-14-20)25(33)26(23)19-11-3-1-4-12-19/h1-17H. The predicted molar refractivity (Wildman–Crippen MR) is 131 cm³/mol. The molecule has 2 amide bonds. The molecule has 0 radical (unpaired) electrons. The molecule has 1 aliphatic rings. The molecule has 4 rings (SSSR count). The molecule has 0 atom stereocenters. The summed E-state index contributed by atoms with van der Waals surface area (Å²) in [6.45, 7) is 0. The SMILES string of the molecule is O=C1C(=CC=Cc2cccc([N+](=O)[O-])c2)C(=O)N(c2ccccc2)C(=S)N1c1ccccc1. The fraction of sp³-hybridized carbons (Fsp3) is 0. The molecule has 0 spiro atoms. The highest BCUT2D eigenvalue weighted by Crippen LogP contribution is 2.28. The molecule has 1 fully saturated rings. The van der Waals surface area contributed by atoms with Crippen LogP contribution in [-0.4, -0.2) is 21.9 Å². The number of rotatable bonds is 5. The minimum atomic E-state index is -0.549. The van der Waals surface area contributed by atoms with Crippen LogP contribution in [0.2, 0.25) is 0 Å². The third-order valence-electron chi connectivity index (χ3n) is 4.91. The van der Waals surface area contributed by atoms with Gasteiger partial charge in [0.05, 0.1) is 16.3 Å². The number of carbonyl (C=O) groups is 2. The van der Waals surface area contributed by atoms with Crippen LogP contribution in [0, 0.1) is 10.1 Å². The third-order valence-corrected chi connectivity index (χ3v) is 5.28. The Morgan fingerprint density at radius 2 is 1.33 bits per heavy atom. The van der Waals surface area contributed by atoms with Crippen molar-refractivity contribution in [2.45, 2.75) is 0 Å². The zero-order valence-electron chi connectivity index (χ0n) is 17.2. The molecule has 8 heteroatoms. The van der Waals surface area contributed by atoms with Crippen LogP contribution in [0.1, 0.15) is 5.56 Å². The molecule has 0 bridgehead atoms. The van der Waals surface area contributed by atoms with E-state index < -0.39 is 16.7 Å². The van der Waals surface area contributed by atoms with E-state index >= 15 is 0 Å². The molecule has 7 nitrogen and oxygen atoms in total. The van der Waals surface area contributed by atoms with Gasteiger partial charge in [-0.15, -0.1) is 0 Å². The number of thiocarbonyl (C=S) groups is 1.